The molecule has 0 saturated carbocycles. The van der Waals surface area contributed by atoms with Crippen molar-refractivity contribution in [3.63, 3.8) is 0 Å². The molecule has 0 saturated heterocycles. The zero-order valence-corrected chi connectivity index (χ0v) is 18.8. The summed E-state index contributed by atoms with van der Waals surface area (Å²) in [5.41, 5.74) is 5.18. The Labute approximate surface area is 194 Å². The van der Waals surface area contributed by atoms with Crippen molar-refractivity contribution in [1.29, 1.82) is 0 Å². The van der Waals surface area contributed by atoms with E-state index in [4.69, 9.17) is 44.6 Å². The van der Waals surface area contributed by atoms with E-state index in [1.807, 2.05) is 37.3 Å². The Hall–Kier alpha value is -2.37. The second kappa shape index (κ2) is 9.41. The van der Waals surface area contributed by atoms with Crippen LogP contribution >= 0.6 is 34.8 Å². The summed E-state index contributed by atoms with van der Waals surface area (Å²) >= 11 is 18.6. The molecule has 3 nitrogen and oxygen atoms in total. The average Bonchev–Trinajstić information content (AvgIpc) is 3.06. The smallest absolute Gasteiger partial charge is 0.123 e. The van der Waals surface area contributed by atoms with Gasteiger partial charge in [0.05, 0.1) is 35.3 Å². The van der Waals surface area contributed by atoms with Crippen LogP contribution in [0, 0.1) is 12.7 Å². The molecule has 0 atom stereocenters. The fraction of sp³-hybridized carbons (Fsp3) is 0.125. The van der Waals surface area contributed by atoms with Crippen molar-refractivity contribution in [2.75, 3.05) is 0 Å². The van der Waals surface area contributed by atoms with Gasteiger partial charge in [-0.3, -0.25) is 0 Å². The van der Waals surface area contributed by atoms with Crippen LogP contribution in [0.15, 0.2) is 66.7 Å². The van der Waals surface area contributed by atoms with Gasteiger partial charge in [0.25, 0.3) is 0 Å². The Morgan fingerprint density at radius 1 is 0.871 bits per heavy atom. The molecule has 0 amide bonds. The SMILES string of the molecule is Cc1c(COCc2ccc(F)cc2)nn(-c2ccc(Cl)cc2Cl)c1-c1ccc(Cl)cc1. The highest BCUT2D eigenvalue weighted by Gasteiger charge is 2.19. The van der Waals surface area contributed by atoms with E-state index in [1.165, 1.54) is 12.1 Å². The minimum absolute atomic E-state index is 0.272. The zero-order chi connectivity index (χ0) is 22.0. The first-order valence-corrected chi connectivity index (χ1v) is 10.7. The quantitative estimate of drug-likeness (QED) is 0.286. The molecule has 0 spiro atoms. The van der Waals surface area contributed by atoms with Crippen LogP contribution in [0.25, 0.3) is 16.9 Å². The minimum atomic E-state index is -0.272. The number of aromatic nitrogens is 2. The molecule has 1 aromatic heterocycles. The van der Waals surface area contributed by atoms with Crippen LogP contribution in [0.3, 0.4) is 0 Å². The molecule has 1 heterocycles. The normalized spacial score (nSPS) is 11.1. The molecular weight excluding hydrogens is 458 g/mol. The number of halogens is 4. The summed E-state index contributed by atoms with van der Waals surface area (Å²) < 4.78 is 20.8. The van der Waals surface area contributed by atoms with Crippen molar-refractivity contribution in [2.45, 2.75) is 20.1 Å². The van der Waals surface area contributed by atoms with Crippen LogP contribution < -0.4 is 0 Å². The van der Waals surface area contributed by atoms with Crippen molar-refractivity contribution in [3.05, 3.63) is 104 Å². The molecule has 0 aliphatic carbocycles. The van der Waals surface area contributed by atoms with Crippen LogP contribution in [-0.2, 0) is 18.0 Å². The molecule has 0 N–H and O–H groups in total. The Balaban J connectivity index is 1.69. The number of nitrogens with zero attached hydrogens (tertiary/aromatic N) is 2. The second-order valence-electron chi connectivity index (χ2n) is 7.05. The molecule has 31 heavy (non-hydrogen) atoms. The summed E-state index contributed by atoms with van der Waals surface area (Å²) in [7, 11) is 0. The van der Waals surface area contributed by atoms with Gasteiger partial charge in [-0.2, -0.15) is 5.10 Å². The highest BCUT2D eigenvalue weighted by atomic mass is 35.5. The van der Waals surface area contributed by atoms with E-state index in [1.54, 1.807) is 28.9 Å². The molecule has 0 unspecified atom stereocenters. The molecule has 4 aromatic rings. The fourth-order valence-electron chi connectivity index (χ4n) is 3.30. The summed E-state index contributed by atoms with van der Waals surface area (Å²) in [5, 5.41) is 6.48. The molecule has 3 aromatic carbocycles. The van der Waals surface area contributed by atoms with E-state index in [0.717, 1.165) is 28.1 Å². The highest BCUT2D eigenvalue weighted by Crippen LogP contribution is 2.33. The predicted molar refractivity (Wildman–Crippen MR) is 124 cm³/mol. The molecule has 7 heteroatoms. The first-order chi connectivity index (χ1) is 14.9. The van der Waals surface area contributed by atoms with Gasteiger partial charge in [-0.05, 0) is 55.0 Å². The van der Waals surface area contributed by atoms with Gasteiger partial charge in [-0.25, -0.2) is 9.07 Å². The maximum absolute atomic E-state index is 13.1. The molecule has 0 fully saturated rings. The summed E-state index contributed by atoms with van der Waals surface area (Å²) in [4.78, 5) is 0. The number of hydrogen-bond acceptors (Lipinski definition) is 2. The number of hydrogen-bond donors (Lipinski definition) is 0. The largest absolute Gasteiger partial charge is 0.370 e. The predicted octanol–water partition coefficient (Wildman–Crippen LogP) is 7.66. The molecule has 4 rings (SSSR count). The van der Waals surface area contributed by atoms with E-state index in [-0.39, 0.29) is 5.82 Å². The first-order valence-electron chi connectivity index (χ1n) is 9.54. The third-order valence-electron chi connectivity index (χ3n) is 4.90. The third-order valence-corrected chi connectivity index (χ3v) is 5.69. The van der Waals surface area contributed by atoms with Crippen LogP contribution in [-0.4, -0.2) is 9.78 Å². The maximum Gasteiger partial charge on any atom is 0.123 e. The number of ether oxygens (including phenoxy) is 1. The van der Waals surface area contributed by atoms with Gasteiger partial charge in [-0.15, -0.1) is 0 Å². The van der Waals surface area contributed by atoms with Crippen molar-refractivity contribution in [2.24, 2.45) is 0 Å². The van der Waals surface area contributed by atoms with Gasteiger partial charge in [-0.1, -0.05) is 59.1 Å². The summed E-state index contributed by atoms with van der Waals surface area (Å²) in [6.45, 7) is 2.64. The molecule has 0 aliphatic rings. The van der Waals surface area contributed by atoms with E-state index >= 15 is 0 Å². The van der Waals surface area contributed by atoms with Crippen molar-refractivity contribution >= 4 is 34.8 Å². The lowest BCUT2D eigenvalue weighted by Crippen LogP contribution is -2.01. The number of rotatable bonds is 6. The Bertz CT molecular complexity index is 1200. The van der Waals surface area contributed by atoms with Crippen molar-refractivity contribution in [1.82, 2.24) is 9.78 Å². The van der Waals surface area contributed by atoms with E-state index in [0.29, 0.717) is 34.0 Å². The Morgan fingerprint density at radius 3 is 2.23 bits per heavy atom. The summed E-state index contributed by atoms with van der Waals surface area (Å²) in [6, 6.07) is 19.1. The lowest BCUT2D eigenvalue weighted by molar-refractivity contribution is 0.104. The first kappa shape index (κ1) is 21.8. The molecule has 0 aliphatic heterocycles. The molecule has 158 valence electrons. The van der Waals surface area contributed by atoms with Crippen LogP contribution in [0.1, 0.15) is 16.8 Å². The van der Waals surface area contributed by atoms with Crippen molar-refractivity contribution < 1.29 is 9.13 Å². The Morgan fingerprint density at radius 2 is 1.55 bits per heavy atom. The maximum atomic E-state index is 13.1. The van der Waals surface area contributed by atoms with E-state index in [9.17, 15) is 4.39 Å². The minimum Gasteiger partial charge on any atom is -0.370 e. The zero-order valence-electron chi connectivity index (χ0n) is 16.6. The monoisotopic (exact) mass is 474 g/mol. The van der Waals surface area contributed by atoms with Gasteiger partial charge >= 0.3 is 0 Å². The van der Waals surface area contributed by atoms with E-state index < -0.39 is 0 Å². The molecule has 0 radical (unpaired) electrons. The van der Waals surface area contributed by atoms with Crippen LogP contribution in [0.2, 0.25) is 15.1 Å². The van der Waals surface area contributed by atoms with Gasteiger partial charge in [0.2, 0.25) is 0 Å². The third kappa shape index (κ3) is 4.94. The van der Waals surface area contributed by atoms with Crippen LogP contribution in [0.5, 0.6) is 0 Å². The van der Waals surface area contributed by atoms with Gasteiger partial charge in [0.1, 0.15) is 5.82 Å². The average molecular weight is 476 g/mol. The standard InChI is InChI=1S/C24H18Cl3FN2O/c1-15-22(14-31-13-16-2-9-20(28)10-3-16)29-30(23-11-8-19(26)12-21(23)27)24(15)17-4-6-18(25)7-5-17/h2-12H,13-14H2,1H3. The lowest BCUT2D eigenvalue weighted by Gasteiger charge is -2.11. The fourth-order valence-corrected chi connectivity index (χ4v) is 3.91. The Kier molecular flexibility index (Phi) is 6.63. The van der Waals surface area contributed by atoms with Gasteiger partial charge in [0, 0.05) is 21.2 Å². The van der Waals surface area contributed by atoms with Gasteiger partial charge < -0.3 is 4.74 Å². The topological polar surface area (TPSA) is 27.1 Å². The van der Waals surface area contributed by atoms with Crippen molar-refractivity contribution in [3.8, 4) is 16.9 Å². The summed E-state index contributed by atoms with van der Waals surface area (Å²) in [6.07, 6.45) is 0. The molecular formula is C24H18Cl3FN2O. The lowest BCUT2D eigenvalue weighted by atomic mass is 10.1. The molecule has 0 bridgehead atoms. The van der Waals surface area contributed by atoms with Gasteiger partial charge in [0.15, 0.2) is 0 Å². The number of benzene rings is 3. The highest BCUT2D eigenvalue weighted by molar-refractivity contribution is 6.35. The van der Waals surface area contributed by atoms with Crippen LogP contribution in [0.4, 0.5) is 4.39 Å². The second-order valence-corrected chi connectivity index (χ2v) is 8.33. The van der Waals surface area contributed by atoms with E-state index in [2.05, 4.69) is 0 Å². The summed E-state index contributed by atoms with van der Waals surface area (Å²) in [5.74, 6) is -0.272.